The number of benzene rings is 1. The molecule has 0 spiro atoms. The summed E-state index contributed by atoms with van der Waals surface area (Å²) < 4.78 is 11.6. The van der Waals surface area contributed by atoms with Gasteiger partial charge >= 0.3 is 0 Å². The number of para-hydroxylation sites is 1. The van der Waals surface area contributed by atoms with E-state index in [0.717, 1.165) is 24.3 Å². The number of hydrogen-bond acceptors (Lipinski definition) is 2. The quantitative estimate of drug-likeness (QED) is 0.751. The molecular weight excluding hydrogens is 224 g/mol. The summed E-state index contributed by atoms with van der Waals surface area (Å²) in [7, 11) is 0. The van der Waals surface area contributed by atoms with Gasteiger partial charge in [0.15, 0.2) is 11.5 Å². The van der Waals surface area contributed by atoms with Crippen LogP contribution in [0, 0.1) is 0 Å². The Labute approximate surface area is 102 Å². The molecule has 1 aliphatic rings. The zero-order chi connectivity index (χ0) is 11.6. The maximum absolute atomic E-state index is 6.00. The van der Waals surface area contributed by atoms with Crippen molar-refractivity contribution in [1.82, 2.24) is 0 Å². The molecule has 0 aliphatic carbocycles. The number of ether oxygens (including phenoxy) is 2. The first-order valence-corrected chi connectivity index (χ1v) is 6.21. The monoisotopic (exact) mass is 240 g/mol. The van der Waals surface area contributed by atoms with E-state index in [9.17, 15) is 0 Å². The Hall–Kier alpha value is -0.890. The molecule has 3 heteroatoms. The van der Waals surface area contributed by atoms with Crippen LogP contribution in [-0.4, -0.2) is 18.1 Å². The fourth-order valence-electron chi connectivity index (χ4n) is 1.96. The molecule has 0 bridgehead atoms. The van der Waals surface area contributed by atoms with Crippen molar-refractivity contribution < 1.29 is 9.47 Å². The second kappa shape index (κ2) is 4.54. The summed E-state index contributed by atoms with van der Waals surface area (Å²) in [5.41, 5.74) is 1.15. The van der Waals surface area contributed by atoms with E-state index in [1.54, 1.807) is 0 Å². The lowest BCUT2D eigenvalue weighted by atomic mass is 9.97. The van der Waals surface area contributed by atoms with Gasteiger partial charge in [0, 0.05) is 12.0 Å². The van der Waals surface area contributed by atoms with Crippen LogP contribution in [0.4, 0.5) is 0 Å². The predicted molar refractivity (Wildman–Crippen MR) is 65.7 cm³/mol. The Bertz CT molecular complexity index is 378. The van der Waals surface area contributed by atoms with Crippen molar-refractivity contribution in [3.8, 4) is 11.5 Å². The van der Waals surface area contributed by atoms with Gasteiger partial charge in [-0.3, -0.25) is 0 Å². The molecule has 2 nitrogen and oxygen atoms in total. The van der Waals surface area contributed by atoms with Gasteiger partial charge in [0.2, 0.25) is 0 Å². The molecule has 16 heavy (non-hydrogen) atoms. The normalized spacial score (nSPS) is 22.7. The molecular formula is C13H17ClO2. The van der Waals surface area contributed by atoms with Crippen LogP contribution in [0.5, 0.6) is 11.5 Å². The van der Waals surface area contributed by atoms with Crippen LogP contribution in [0.3, 0.4) is 0 Å². The fraction of sp³-hybridized carbons (Fsp3) is 0.538. The first-order valence-electron chi connectivity index (χ1n) is 5.68. The van der Waals surface area contributed by atoms with Gasteiger partial charge in [-0.05, 0) is 19.4 Å². The van der Waals surface area contributed by atoms with Gasteiger partial charge in [-0.25, -0.2) is 0 Å². The third-order valence-electron chi connectivity index (χ3n) is 3.06. The zero-order valence-corrected chi connectivity index (χ0v) is 10.5. The van der Waals surface area contributed by atoms with E-state index in [4.69, 9.17) is 21.1 Å². The second-order valence-corrected chi connectivity index (χ2v) is 4.74. The SMILES string of the molecule is CCC1(C)Cc2cccc(OCCCl)c2O1. The van der Waals surface area contributed by atoms with Crippen molar-refractivity contribution in [3.63, 3.8) is 0 Å². The smallest absolute Gasteiger partial charge is 0.165 e. The first-order chi connectivity index (χ1) is 7.68. The molecule has 0 aromatic heterocycles. The lowest BCUT2D eigenvalue weighted by molar-refractivity contribution is 0.107. The highest BCUT2D eigenvalue weighted by molar-refractivity contribution is 6.18. The molecule has 0 saturated heterocycles. The van der Waals surface area contributed by atoms with Crippen LogP contribution in [0.1, 0.15) is 25.8 Å². The minimum atomic E-state index is -0.0806. The van der Waals surface area contributed by atoms with Crippen LogP contribution in [0.2, 0.25) is 0 Å². The van der Waals surface area contributed by atoms with E-state index in [0.29, 0.717) is 12.5 Å². The van der Waals surface area contributed by atoms with Crippen molar-refractivity contribution in [3.05, 3.63) is 23.8 Å². The average molecular weight is 241 g/mol. The van der Waals surface area contributed by atoms with Gasteiger partial charge in [0.1, 0.15) is 12.2 Å². The van der Waals surface area contributed by atoms with Crippen molar-refractivity contribution in [2.24, 2.45) is 0 Å². The lowest BCUT2D eigenvalue weighted by Gasteiger charge is -2.22. The summed E-state index contributed by atoms with van der Waals surface area (Å²) in [6, 6.07) is 6.05. The second-order valence-electron chi connectivity index (χ2n) is 4.36. The Balaban J connectivity index is 2.24. The van der Waals surface area contributed by atoms with E-state index in [2.05, 4.69) is 19.9 Å². The number of hydrogen-bond donors (Lipinski definition) is 0. The first kappa shape index (κ1) is 11.6. The molecule has 88 valence electrons. The van der Waals surface area contributed by atoms with E-state index in [1.807, 2.05) is 12.1 Å². The van der Waals surface area contributed by atoms with Gasteiger partial charge in [0.05, 0.1) is 5.88 Å². The molecule has 0 amide bonds. The van der Waals surface area contributed by atoms with Crippen LogP contribution in [-0.2, 0) is 6.42 Å². The van der Waals surface area contributed by atoms with Gasteiger partial charge in [0.25, 0.3) is 0 Å². The molecule has 0 radical (unpaired) electrons. The van der Waals surface area contributed by atoms with E-state index in [1.165, 1.54) is 5.56 Å². The number of rotatable bonds is 4. The summed E-state index contributed by atoms with van der Waals surface area (Å²) in [5, 5.41) is 0. The zero-order valence-electron chi connectivity index (χ0n) is 9.75. The molecule has 0 fully saturated rings. The van der Waals surface area contributed by atoms with Crippen molar-refractivity contribution in [1.29, 1.82) is 0 Å². The highest BCUT2D eigenvalue weighted by Gasteiger charge is 2.34. The third-order valence-corrected chi connectivity index (χ3v) is 3.21. The Kier molecular flexibility index (Phi) is 3.29. The molecule has 1 heterocycles. The van der Waals surface area contributed by atoms with E-state index in [-0.39, 0.29) is 5.60 Å². The Morgan fingerprint density at radius 3 is 3.00 bits per heavy atom. The van der Waals surface area contributed by atoms with E-state index < -0.39 is 0 Å². The van der Waals surface area contributed by atoms with Crippen LogP contribution >= 0.6 is 11.6 Å². The molecule has 0 saturated carbocycles. The largest absolute Gasteiger partial charge is 0.488 e. The van der Waals surface area contributed by atoms with Crippen LogP contribution in [0.15, 0.2) is 18.2 Å². The lowest BCUT2D eigenvalue weighted by Crippen LogP contribution is -2.28. The molecule has 1 atom stereocenters. The maximum atomic E-state index is 6.00. The van der Waals surface area contributed by atoms with Crippen LogP contribution < -0.4 is 9.47 Å². The summed E-state index contributed by atoms with van der Waals surface area (Å²) in [6.45, 7) is 4.80. The standard InChI is InChI=1S/C13H17ClO2/c1-3-13(2)9-10-5-4-6-11(12(10)16-13)15-8-7-14/h4-6H,3,7-9H2,1-2H3. The van der Waals surface area contributed by atoms with Gasteiger partial charge < -0.3 is 9.47 Å². The molecule has 1 aromatic carbocycles. The minimum Gasteiger partial charge on any atom is -0.488 e. The Morgan fingerprint density at radius 1 is 1.50 bits per heavy atom. The van der Waals surface area contributed by atoms with Crippen LogP contribution in [0.25, 0.3) is 0 Å². The molecule has 1 aromatic rings. The molecule has 1 aliphatic heterocycles. The predicted octanol–water partition coefficient (Wildman–Crippen LogP) is 3.41. The van der Waals surface area contributed by atoms with Crippen molar-refractivity contribution >= 4 is 11.6 Å². The topological polar surface area (TPSA) is 18.5 Å². The van der Waals surface area contributed by atoms with Crippen molar-refractivity contribution in [2.45, 2.75) is 32.3 Å². The Morgan fingerprint density at radius 2 is 2.31 bits per heavy atom. The number of fused-ring (bicyclic) bond motifs is 1. The number of halogens is 1. The van der Waals surface area contributed by atoms with Gasteiger partial charge in [-0.1, -0.05) is 19.1 Å². The highest BCUT2D eigenvalue weighted by Crippen LogP contribution is 2.42. The minimum absolute atomic E-state index is 0.0806. The number of alkyl halides is 1. The fourth-order valence-corrected chi connectivity index (χ4v) is 2.04. The molecule has 0 N–H and O–H groups in total. The summed E-state index contributed by atoms with van der Waals surface area (Å²) in [6.07, 6.45) is 1.95. The summed E-state index contributed by atoms with van der Waals surface area (Å²) in [4.78, 5) is 0. The molecule has 1 unspecified atom stereocenters. The summed E-state index contributed by atoms with van der Waals surface area (Å²) >= 11 is 5.62. The van der Waals surface area contributed by atoms with Gasteiger partial charge in [-0.15, -0.1) is 11.6 Å². The van der Waals surface area contributed by atoms with Crippen molar-refractivity contribution in [2.75, 3.05) is 12.5 Å². The maximum Gasteiger partial charge on any atom is 0.165 e. The average Bonchev–Trinajstić information content (AvgIpc) is 2.64. The highest BCUT2D eigenvalue weighted by atomic mass is 35.5. The van der Waals surface area contributed by atoms with Gasteiger partial charge in [-0.2, -0.15) is 0 Å². The van der Waals surface area contributed by atoms with E-state index >= 15 is 0 Å². The summed E-state index contributed by atoms with van der Waals surface area (Å²) in [5.74, 6) is 2.21. The molecule has 2 rings (SSSR count). The third kappa shape index (κ3) is 2.12.